The van der Waals surface area contributed by atoms with Crippen LogP contribution in [0.3, 0.4) is 0 Å². The van der Waals surface area contributed by atoms with Gasteiger partial charge >= 0.3 is 0 Å². The molecule has 0 amide bonds. The maximum absolute atomic E-state index is 13.8. The van der Waals surface area contributed by atoms with Crippen LogP contribution in [0.4, 0.5) is 13.2 Å². The van der Waals surface area contributed by atoms with E-state index in [1.807, 2.05) is 6.92 Å². The van der Waals surface area contributed by atoms with E-state index in [9.17, 15) is 13.2 Å². The van der Waals surface area contributed by atoms with E-state index in [-0.39, 0.29) is 11.3 Å². The van der Waals surface area contributed by atoms with Crippen molar-refractivity contribution in [1.29, 1.82) is 0 Å². The molecule has 0 spiro atoms. The van der Waals surface area contributed by atoms with Crippen LogP contribution in [0.5, 0.6) is 0 Å². The van der Waals surface area contributed by atoms with Gasteiger partial charge in [0.15, 0.2) is 0 Å². The molecular weight excluding hydrogens is 299 g/mol. The summed E-state index contributed by atoms with van der Waals surface area (Å²) in [7, 11) is 0. The van der Waals surface area contributed by atoms with Crippen molar-refractivity contribution in [3.63, 3.8) is 0 Å². The first-order valence-corrected chi connectivity index (χ1v) is 7.77. The van der Waals surface area contributed by atoms with Gasteiger partial charge in [-0.15, -0.1) is 0 Å². The van der Waals surface area contributed by atoms with Crippen molar-refractivity contribution in [1.82, 2.24) is 4.98 Å². The number of fused-ring (bicyclic) bond motifs is 1. The molecule has 0 aliphatic heterocycles. The van der Waals surface area contributed by atoms with E-state index >= 15 is 0 Å². The summed E-state index contributed by atoms with van der Waals surface area (Å²) in [6, 6.07) is 8.10. The lowest BCUT2D eigenvalue weighted by atomic mass is 10.0. The van der Waals surface area contributed by atoms with Crippen molar-refractivity contribution in [3.05, 3.63) is 59.4 Å². The molecule has 1 aromatic heterocycles. The summed E-state index contributed by atoms with van der Waals surface area (Å²) >= 11 is 0. The number of aromatic amines is 1. The fraction of sp³-hybridized carbons (Fsp3) is 0.263. The zero-order chi connectivity index (χ0) is 17.0. The van der Waals surface area contributed by atoms with Gasteiger partial charge in [-0.1, -0.05) is 27.2 Å². The van der Waals surface area contributed by atoms with Gasteiger partial charge in [-0.05, 0) is 47.9 Å². The van der Waals surface area contributed by atoms with Gasteiger partial charge in [0.2, 0.25) is 0 Å². The first-order chi connectivity index (χ1) is 11.0. The average molecular weight is 319 g/mol. The molecule has 2 aromatic carbocycles. The predicted octanol–water partition coefficient (Wildman–Crippen LogP) is 6.23. The largest absolute Gasteiger partial charge is 0.352 e. The average Bonchev–Trinajstić information content (AvgIpc) is 2.87. The van der Waals surface area contributed by atoms with Gasteiger partial charge in [-0.25, -0.2) is 13.2 Å². The highest BCUT2D eigenvalue weighted by Crippen LogP contribution is 2.32. The van der Waals surface area contributed by atoms with Crippen molar-refractivity contribution in [2.24, 2.45) is 0 Å². The number of H-pyrrole nitrogens is 1. The molecule has 0 saturated carbocycles. The minimum Gasteiger partial charge on any atom is -0.352 e. The Morgan fingerprint density at radius 3 is 2.04 bits per heavy atom. The SMILES string of the molecule is CCC.CCc1c(-c2ccc(F)cc2)[nH]c2c(F)cc(F)cc12. The topological polar surface area (TPSA) is 15.8 Å². The second-order valence-electron chi connectivity index (χ2n) is 5.36. The van der Waals surface area contributed by atoms with E-state index in [0.29, 0.717) is 17.5 Å². The van der Waals surface area contributed by atoms with Crippen LogP contribution in [-0.4, -0.2) is 4.98 Å². The second-order valence-corrected chi connectivity index (χ2v) is 5.36. The third kappa shape index (κ3) is 3.58. The Hall–Kier alpha value is -2.23. The van der Waals surface area contributed by atoms with Crippen LogP contribution < -0.4 is 0 Å². The van der Waals surface area contributed by atoms with E-state index in [1.54, 1.807) is 12.1 Å². The fourth-order valence-electron chi connectivity index (χ4n) is 2.50. The van der Waals surface area contributed by atoms with Gasteiger partial charge in [0, 0.05) is 17.1 Å². The quantitative estimate of drug-likeness (QED) is 0.576. The Morgan fingerprint density at radius 1 is 0.870 bits per heavy atom. The summed E-state index contributed by atoms with van der Waals surface area (Å²) in [5.74, 6) is -1.56. The normalized spacial score (nSPS) is 10.5. The molecule has 1 N–H and O–H groups in total. The monoisotopic (exact) mass is 319 g/mol. The van der Waals surface area contributed by atoms with Crippen LogP contribution in [0.2, 0.25) is 0 Å². The Morgan fingerprint density at radius 2 is 1.48 bits per heavy atom. The molecule has 0 bridgehead atoms. The molecule has 0 saturated heterocycles. The van der Waals surface area contributed by atoms with Crippen LogP contribution in [0.15, 0.2) is 36.4 Å². The summed E-state index contributed by atoms with van der Waals surface area (Å²) in [5.41, 5.74) is 2.55. The van der Waals surface area contributed by atoms with Crippen LogP contribution in [0.1, 0.15) is 32.8 Å². The fourth-order valence-corrected chi connectivity index (χ4v) is 2.50. The molecule has 4 heteroatoms. The molecule has 0 aliphatic carbocycles. The lowest BCUT2D eigenvalue weighted by Crippen LogP contribution is -1.85. The molecule has 1 nitrogen and oxygen atoms in total. The summed E-state index contributed by atoms with van der Waals surface area (Å²) in [6.45, 7) is 6.17. The van der Waals surface area contributed by atoms with Crippen molar-refractivity contribution in [2.75, 3.05) is 0 Å². The number of hydrogen-bond donors (Lipinski definition) is 1. The van der Waals surface area contributed by atoms with Crippen LogP contribution in [0.25, 0.3) is 22.2 Å². The number of aromatic nitrogens is 1. The highest BCUT2D eigenvalue weighted by atomic mass is 19.1. The molecule has 0 unspecified atom stereocenters. The lowest BCUT2D eigenvalue weighted by molar-refractivity contribution is 0.591. The Kier molecular flexibility index (Phi) is 5.48. The maximum Gasteiger partial charge on any atom is 0.150 e. The number of aryl methyl sites for hydroxylation is 1. The summed E-state index contributed by atoms with van der Waals surface area (Å²) in [5, 5.41) is 0.532. The molecule has 3 aromatic rings. The van der Waals surface area contributed by atoms with Gasteiger partial charge in [0.05, 0.1) is 5.52 Å². The van der Waals surface area contributed by atoms with Gasteiger partial charge in [0.1, 0.15) is 17.5 Å². The van der Waals surface area contributed by atoms with Gasteiger partial charge in [-0.2, -0.15) is 0 Å². The second kappa shape index (κ2) is 7.36. The van der Waals surface area contributed by atoms with E-state index in [4.69, 9.17) is 0 Å². The third-order valence-corrected chi connectivity index (χ3v) is 3.42. The number of nitrogens with one attached hydrogen (secondary N) is 1. The molecule has 0 fully saturated rings. The zero-order valence-corrected chi connectivity index (χ0v) is 13.5. The number of rotatable bonds is 2. The highest BCUT2D eigenvalue weighted by molar-refractivity contribution is 5.91. The number of benzene rings is 2. The highest BCUT2D eigenvalue weighted by Gasteiger charge is 2.15. The smallest absolute Gasteiger partial charge is 0.150 e. The molecule has 0 aliphatic rings. The number of halogens is 3. The van der Waals surface area contributed by atoms with Gasteiger partial charge < -0.3 is 4.98 Å². The van der Waals surface area contributed by atoms with E-state index < -0.39 is 11.6 Å². The van der Waals surface area contributed by atoms with Crippen LogP contribution in [-0.2, 0) is 6.42 Å². The summed E-state index contributed by atoms with van der Waals surface area (Å²) in [4.78, 5) is 2.98. The van der Waals surface area contributed by atoms with Crippen molar-refractivity contribution in [2.45, 2.75) is 33.6 Å². The Balaban J connectivity index is 0.000000595. The minimum atomic E-state index is -0.622. The zero-order valence-electron chi connectivity index (χ0n) is 13.5. The first-order valence-electron chi connectivity index (χ1n) is 7.77. The van der Waals surface area contributed by atoms with Crippen LogP contribution in [0, 0.1) is 17.5 Å². The maximum atomic E-state index is 13.8. The summed E-state index contributed by atoms with van der Waals surface area (Å²) in [6.07, 6.45) is 1.87. The standard InChI is InChI=1S/C16H12F3N.C3H8/c1-2-12-13-7-11(18)8-14(19)16(13)20-15(12)9-3-5-10(17)6-4-9;1-3-2/h3-8,20H,2H2,1H3;3H2,1-2H3. The van der Waals surface area contributed by atoms with Gasteiger partial charge in [-0.3, -0.25) is 0 Å². The number of hydrogen-bond acceptors (Lipinski definition) is 0. The van der Waals surface area contributed by atoms with Crippen molar-refractivity contribution < 1.29 is 13.2 Å². The molecule has 23 heavy (non-hydrogen) atoms. The predicted molar refractivity (Wildman–Crippen MR) is 89.0 cm³/mol. The van der Waals surface area contributed by atoms with E-state index in [1.165, 1.54) is 24.6 Å². The summed E-state index contributed by atoms with van der Waals surface area (Å²) < 4.78 is 40.2. The molecule has 0 radical (unpaired) electrons. The Bertz CT molecular complexity index is 788. The minimum absolute atomic E-state index is 0.280. The molecular formula is C19H20F3N. The van der Waals surface area contributed by atoms with Crippen LogP contribution >= 0.6 is 0 Å². The molecule has 122 valence electrons. The van der Waals surface area contributed by atoms with Crippen molar-refractivity contribution >= 4 is 10.9 Å². The lowest BCUT2D eigenvalue weighted by Gasteiger charge is -2.02. The third-order valence-electron chi connectivity index (χ3n) is 3.42. The molecule has 3 rings (SSSR count). The van der Waals surface area contributed by atoms with Crippen molar-refractivity contribution in [3.8, 4) is 11.3 Å². The molecule has 0 atom stereocenters. The van der Waals surface area contributed by atoms with E-state index in [2.05, 4.69) is 18.8 Å². The van der Waals surface area contributed by atoms with E-state index in [0.717, 1.165) is 17.2 Å². The first kappa shape index (κ1) is 17.1. The Labute approximate surface area is 134 Å². The molecule has 1 heterocycles. The van der Waals surface area contributed by atoms with Gasteiger partial charge in [0.25, 0.3) is 0 Å².